The maximum atomic E-state index is 9.38. The first-order valence-corrected chi connectivity index (χ1v) is 7.92. The molecule has 4 nitrogen and oxygen atoms in total. The van der Waals surface area contributed by atoms with Crippen molar-refractivity contribution >= 4 is 0 Å². The van der Waals surface area contributed by atoms with Crippen LogP contribution in [0.15, 0.2) is 6.33 Å². The Bertz CT molecular complexity index is 509. The number of aryl methyl sites for hydroxylation is 2. The number of nitrogens with zero attached hydrogens (tertiary/aromatic N) is 3. The molecule has 0 amide bonds. The van der Waals surface area contributed by atoms with Gasteiger partial charge in [0.1, 0.15) is 5.54 Å². The van der Waals surface area contributed by atoms with E-state index in [1.54, 1.807) is 0 Å². The quantitative estimate of drug-likeness (QED) is 0.866. The van der Waals surface area contributed by atoms with Gasteiger partial charge in [-0.25, -0.2) is 4.98 Å². The minimum Gasteiger partial charge on any atom is -0.334 e. The number of hydrogen-bond donors (Lipinski definition) is 1. The van der Waals surface area contributed by atoms with Crippen molar-refractivity contribution in [2.75, 3.05) is 0 Å². The lowest BCUT2D eigenvalue weighted by atomic mass is 9.97. The first-order valence-electron chi connectivity index (χ1n) is 7.92. The van der Waals surface area contributed by atoms with Crippen LogP contribution in [0.4, 0.5) is 0 Å². The van der Waals surface area contributed by atoms with Gasteiger partial charge in [0.15, 0.2) is 0 Å². The SMILES string of the molecule is CC(C#N)(CCCn1cnc2c1CCCC2)NC1CC1. The van der Waals surface area contributed by atoms with Crippen molar-refractivity contribution < 1.29 is 0 Å². The summed E-state index contributed by atoms with van der Waals surface area (Å²) in [6.45, 7) is 3.03. The van der Waals surface area contributed by atoms with Gasteiger partial charge in [-0.3, -0.25) is 5.32 Å². The molecule has 1 aromatic heterocycles. The van der Waals surface area contributed by atoms with E-state index in [1.165, 1.54) is 43.5 Å². The average molecular weight is 272 g/mol. The molecule has 0 saturated heterocycles. The second-order valence-corrected chi connectivity index (χ2v) is 6.50. The van der Waals surface area contributed by atoms with Crippen molar-refractivity contribution in [1.29, 1.82) is 5.26 Å². The molecule has 108 valence electrons. The predicted molar refractivity (Wildman–Crippen MR) is 78.3 cm³/mol. The van der Waals surface area contributed by atoms with E-state index in [-0.39, 0.29) is 5.54 Å². The minimum atomic E-state index is -0.359. The van der Waals surface area contributed by atoms with Crippen LogP contribution in [0.1, 0.15) is 56.8 Å². The number of imidazole rings is 1. The van der Waals surface area contributed by atoms with Crippen LogP contribution in [-0.4, -0.2) is 21.1 Å². The van der Waals surface area contributed by atoms with Crippen molar-refractivity contribution in [3.8, 4) is 6.07 Å². The Morgan fingerprint density at radius 3 is 3.00 bits per heavy atom. The van der Waals surface area contributed by atoms with Crippen LogP contribution in [0.25, 0.3) is 0 Å². The Labute approximate surface area is 121 Å². The third kappa shape index (κ3) is 3.04. The summed E-state index contributed by atoms with van der Waals surface area (Å²) in [4.78, 5) is 4.53. The molecule has 0 radical (unpaired) electrons. The van der Waals surface area contributed by atoms with Gasteiger partial charge in [0.25, 0.3) is 0 Å². The van der Waals surface area contributed by atoms with Crippen LogP contribution in [0, 0.1) is 11.3 Å². The topological polar surface area (TPSA) is 53.6 Å². The van der Waals surface area contributed by atoms with Crippen molar-refractivity contribution in [3.05, 3.63) is 17.7 Å². The molecule has 1 saturated carbocycles. The molecule has 1 unspecified atom stereocenters. The Kier molecular flexibility index (Phi) is 3.80. The van der Waals surface area contributed by atoms with Crippen molar-refractivity contribution in [1.82, 2.24) is 14.9 Å². The maximum absolute atomic E-state index is 9.38. The monoisotopic (exact) mass is 272 g/mol. The summed E-state index contributed by atoms with van der Waals surface area (Å²) in [6.07, 6.45) is 11.3. The van der Waals surface area contributed by atoms with Gasteiger partial charge >= 0.3 is 0 Å². The van der Waals surface area contributed by atoms with Gasteiger partial charge in [0, 0.05) is 18.3 Å². The molecule has 20 heavy (non-hydrogen) atoms. The number of nitriles is 1. The number of aromatic nitrogens is 2. The van der Waals surface area contributed by atoms with Gasteiger partial charge in [-0.2, -0.15) is 5.26 Å². The molecule has 4 heteroatoms. The van der Waals surface area contributed by atoms with Crippen molar-refractivity contribution in [2.45, 2.75) is 76.4 Å². The van der Waals surface area contributed by atoms with Crippen LogP contribution < -0.4 is 5.32 Å². The lowest BCUT2D eigenvalue weighted by Gasteiger charge is -2.23. The summed E-state index contributed by atoms with van der Waals surface area (Å²) in [7, 11) is 0. The van der Waals surface area contributed by atoms with Crippen LogP contribution in [-0.2, 0) is 19.4 Å². The highest BCUT2D eigenvalue weighted by molar-refractivity contribution is 5.16. The maximum Gasteiger partial charge on any atom is 0.104 e. The zero-order chi connectivity index (χ0) is 14.0. The molecule has 1 N–H and O–H groups in total. The summed E-state index contributed by atoms with van der Waals surface area (Å²) < 4.78 is 2.31. The van der Waals surface area contributed by atoms with Gasteiger partial charge in [-0.1, -0.05) is 0 Å². The van der Waals surface area contributed by atoms with Gasteiger partial charge in [-0.05, 0) is 58.3 Å². The molecule has 3 rings (SSSR count). The minimum absolute atomic E-state index is 0.359. The number of fused-ring (bicyclic) bond motifs is 1. The molecule has 1 atom stereocenters. The Morgan fingerprint density at radius 1 is 1.45 bits per heavy atom. The van der Waals surface area contributed by atoms with E-state index in [4.69, 9.17) is 0 Å². The molecule has 0 bridgehead atoms. The zero-order valence-corrected chi connectivity index (χ0v) is 12.4. The second-order valence-electron chi connectivity index (χ2n) is 6.50. The first kappa shape index (κ1) is 13.6. The number of hydrogen-bond acceptors (Lipinski definition) is 3. The molecule has 0 aliphatic heterocycles. The van der Waals surface area contributed by atoms with Crippen LogP contribution in [0.2, 0.25) is 0 Å². The molecule has 2 aliphatic rings. The summed E-state index contributed by atoms with van der Waals surface area (Å²) in [6, 6.07) is 3.04. The average Bonchev–Trinajstić information content (AvgIpc) is 3.17. The van der Waals surface area contributed by atoms with Crippen LogP contribution in [0.5, 0.6) is 0 Å². The molecule has 1 fully saturated rings. The lowest BCUT2D eigenvalue weighted by molar-refractivity contribution is 0.389. The smallest absolute Gasteiger partial charge is 0.104 e. The molecular formula is C16H24N4. The van der Waals surface area contributed by atoms with E-state index in [9.17, 15) is 5.26 Å². The Balaban J connectivity index is 1.54. The first-order chi connectivity index (χ1) is 9.70. The van der Waals surface area contributed by atoms with Crippen LogP contribution in [0.3, 0.4) is 0 Å². The number of rotatable bonds is 6. The van der Waals surface area contributed by atoms with E-state index in [2.05, 4.69) is 20.9 Å². The number of nitrogens with one attached hydrogen (secondary N) is 1. The van der Waals surface area contributed by atoms with E-state index in [1.807, 2.05) is 13.3 Å². The van der Waals surface area contributed by atoms with Crippen LogP contribution >= 0.6 is 0 Å². The van der Waals surface area contributed by atoms with E-state index in [0.29, 0.717) is 6.04 Å². The molecule has 0 aromatic carbocycles. The molecule has 1 heterocycles. The summed E-state index contributed by atoms with van der Waals surface area (Å²) in [5.74, 6) is 0. The van der Waals surface area contributed by atoms with Crippen molar-refractivity contribution in [3.63, 3.8) is 0 Å². The fourth-order valence-corrected chi connectivity index (χ4v) is 3.17. The second kappa shape index (κ2) is 5.57. The van der Waals surface area contributed by atoms with E-state index < -0.39 is 0 Å². The third-order valence-corrected chi connectivity index (χ3v) is 4.53. The van der Waals surface area contributed by atoms with Crippen molar-refractivity contribution in [2.24, 2.45) is 0 Å². The highest BCUT2D eigenvalue weighted by atomic mass is 15.1. The van der Waals surface area contributed by atoms with E-state index >= 15 is 0 Å². The van der Waals surface area contributed by atoms with E-state index in [0.717, 1.165) is 25.8 Å². The predicted octanol–water partition coefficient (Wildman–Crippen LogP) is 2.58. The molecule has 2 aliphatic carbocycles. The fraction of sp³-hybridized carbons (Fsp3) is 0.750. The highest BCUT2D eigenvalue weighted by Gasteiger charge is 2.32. The third-order valence-electron chi connectivity index (χ3n) is 4.53. The standard InChI is InChI=1S/C16H24N4/c1-16(11-17,19-13-7-8-13)9-4-10-20-12-18-14-5-2-3-6-15(14)20/h12-13,19H,2-10H2,1H3. The van der Waals surface area contributed by atoms with Gasteiger partial charge in [0.05, 0.1) is 18.1 Å². The Hall–Kier alpha value is -1.34. The highest BCUT2D eigenvalue weighted by Crippen LogP contribution is 2.25. The molecule has 0 spiro atoms. The largest absolute Gasteiger partial charge is 0.334 e. The normalized spacial score (nSPS) is 21.0. The fourth-order valence-electron chi connectivity index (χ4n) is 3.17. The summed E-state index contributed by atoms with van der Waals surface area (Å²) in [5.41, 5.74) is 2.38. The summed E-state index contributed by atoms with van der Waals surface area (Å²) >= 11 is 0. The molecular weight excluding hydrogens is 248 g/mol. The van der Waals surface area contributed by atoms with Gasteiger partial charge in [-0.15, -0.1) is 0 Å². The summed E-state index contributed by atoms with van der Waals surface area (Å²) in [5, 5.41) is 12.9. The van der Waals surface area contributed by atoms with Gasteiger partial charge in [0.2, 0.25) is 0 Å². The molecule has 1 aromatic rings. The Morgan fingerprint density at radius 2 is 2.25 bits per heavy atom. The lowest BCUT2D eigenvalue weighted by Crippen LogP contribution is -2.42. The zero-order valence-electron chi connectivity index (χ0n) is 12.4. The van der Waals surface area contributed by atoms with Gasteiger partial charge < -0.3 is 4.57 Å².